The number of hydrogen-bond donors (Lipinski definition) is 1. The first-order valence-corrected chi connectivity index (χ1v) is 10.5. The number of carbonyl (C=O) groups is 1. The number of nitrogens with zero attached hydrogens (tertiary/aromatic N) is 3. The molecule has 28 heavy (non-hydrogen) atoms. The molecule has 148 valence electrons. The molecule has 4 rings (SSSR count). The number of rotatable bonds is 6. The molecule has 1 aromatic carbocycles. The van der Waals surface area contributed by atoms with E-state index in [9.17, 15) is 14.9 Å². The second-order valence-corrected chi connectivity index (χ2v) is 8.91. The van der Waals surface area contributed by atoms with Crippen molar-refractivity contribution in [2.24, 2.45) is 17.8 Å². The Kier molecular flexibility index (Phi) is 5.23. The largest absolute Gasteiger partial charge is 0.404 e. The van der Waals surface area contributed by atoms with Crippen LogP contribution in [0.25, 0.3) is 0 Å². The summed E-state index contributed by atoms with van der Waals surface area (Å²) in [4.78, 5) is 23.0. The lowest BCUT2D eigenvalue weighted by molar-refractivity contribution is -0.390. The van der Waals surface area contributed by atoms with E-state index in [0.717, 1.165) is 17.4 Å². The third-order valence-corrected chi connectivity index (χ3v) is 6.79. The second-order valence-electron chi connectivity index (χ2n) is 8.05. The zero-order valence-corrected chi connectivity index (χ0v) is 17.3. The molecule has 4 atom stereocenters. The highest BCUT2D eigenvalue weighted by Crippen LogP contribution is 2.49. The smallest absolute Gasteiger partial charge is 0.358 e. The van der Waals surface area contributed by atoms with E-state index in [1.165, 1.54) is 30.4 Å². The van der Waals surface area contributed by atoms with E-state index in [4.69, 9.17) is 0 Å². The standard InChI is InChI=1S/C20H23BrN4O3/c1-12(17-9-14-4-7-16(17)8-14)22-20(26)15-5-2-13(3-6-15)10-24-11-18(21)19(23-24)25(27)28/h2-3,5-6,11-12,14,16-17H,4,7-10H2,1H3,(H,22,26)/t12-,14+,16+,17-/m0/s1. The van der Waals surface area contributed by atoms with Crippen LogP contribution in [0.2, 0.25) is 0 Å². The fraction of sp³-hybridized carbons (Fsp3) is 0.500. The lowest BCUT2D eigenvalue weighted by atomic mass is 9.84. The number of benzene rings is 1. The Morgan fingerprint density at radius 1 is 1.36 bits per heavy atom. The molecule has 1 heterocycles. The number of carbonyl (C=O) groups excluding carboxylic acids is 1. The number of halogens is 1. The van der Waals surface area contributed by atoms with E-state index < -0.39 is 4.92 Å². The third-order valence-electron chi connectivity index (χ3n) is 6.23. The Morgan fingerprint density at radius 2 is 2.11 bits per heavy atom. The minimum absolute atomic E-state index is 0.0423. The molecule has 7 nitrogen and oxygen atoms in total. The van der Waals surface area contributed by atoms with Crippen LogP contribution in [0.15, 0.2) is 34.9 Å². The number of nitro groups is 1. The second kappa shape index (κ2) is 7.66. The molecular formula is C20H23BrN4O3. The summed E-state index contributed by atoms with van der Waals surface area (Å²) in [6.45, 7) is 2.52. The molecule has 2 aliphatic carbocycles. The molecule has 2 fully saturated rings. The summed E-state index contributed by atoms with van der Waals surface area (Å²) in [6.07, 6.45) is 6.83. The molecule has 2 aromatic rings. The fourth-order valence-electron chi connectivity index (χ4n) is 4.84. The molecular weight excluding hydrogens is 424 g/mol. The van der Waals surface area contributed by atoms with Crippen LogP contribution in [-0.4, -0.2) is 26.7 Å². The van der Waals surface area contributed by atoms with Crippen molar-refractivity contribution in [2.75, 3.05) is 0 Å². The quantitative estimate of drug-likeness (QED) is 0.532. The van der Waals surface area contributed by atoms with Crippen molar-refractivity contribution >= 4 is 27.7 Å². The van der Waals surface area contributed by atoms with Gasteiger partial charge in [0.05, 0.1) is 17.8 Å². The highest BCUT2D eigenvalue weighted by Gasteiger charge is 2.42. The van der Waals surface area contributed by atoms with Gasteiger partial charge in [-0.25, -0.2) is 0 Å². The monoisotopic (exact) mass is 446 g/mol. The molecule has 0 unspecified atom stereocenters. The van der Waals surface area contributed by atoms with Crippen LogP contribution in [-0.2, 0) is 6.54 Å². The van der Waals surface area contributed by atoms with Crippen LogP contribution < -0.4 is 5.32 Å². The highest BCUT2D eigenvalue weighted by molar-refractivity contribution is 9.10. The van der Waals surface area contributed by atoms with E-state index in [1.54, 1.807) is 18.3 Å². The normalized spacial score (nSPS) is 24.3. The van der Waals surface area contributed by atoms with Gasteiger partial charge in [0.15, 0.2) is 0 Å². The first-order valence-electron chi connectivity index (χ1n) is 9.68. The zero-order chi connectivity index (χ0) is 19.8. The number of nitrogens with one attached hydrogen (secondary N) is 1. The molecule has 2 bridgehead atoms. The van der Waals surface area contributed by atoms with Gasteiger partial charge in [0.1, 0.15) is 4.47 Å². The average Bonchev–Trinajstić information content (AvgIpc) is 3.38. The maximum absolute atomic E-state index is 12.6. The number of amides is 1. The van der Waals surface area contributed by atoms with Crippen molar-refractivity contribution in [2.45, 2.75) is 45.2 Å². The SMILES string of the molecule is C[C@H](NC(=O)c1ccc(Cn2cc(Br)c([N+](=O)[O-])n2)cc1)[C@@H]1C[C@@H]2CC[C@@H]1C2. The maximum atomic E-state index is 12.6. The summed E-state index contributed by atoms with van der Waals surface area (Å²) < 4.78 is 1.86. The molecule has 0 aliphatic heterocycles. The molecule has 2 saturated carbocycles. The van der Waals surface area contributed by atoms with Crippen molar-refractivity contribution in [3.05, 3.63) is 56.2 Å². The van der Waals surface area contributed by atoms with Crippen LogP contribution in [0.3, 0.4) is 0 Å². The minimum Gasteiger partial charge on any atom is -0.358 e. The lowest BCUT2D eigenvalue weighted by Crippen LogP contribution is -2.40. The van der Waals surface area contributed by atoms with Crippen LogP contribution in [0.5, 0.6) is 0 Å². The number of fused-ring (bicyclic) bond motifs is 2. The molecule has 8 heteroatoms. The predicted molar refractivity (Wildman–Crippen MR) is 108 cm³/mol. The predicted octanol–water partition coefficient (Wildman–Crippen LogP) is 4.16. The van der Waals surface area contributed by atoms with Gasteiger partial charge < -0.3 is 15.4 Å². The van der Waals surface area contributed by atoms with Crippen molar-refractivity contribution < 1.29 is 9.72 Å². The Balaban J connectivity index is 1.36. The average molecular weight is 447 g/mol. The summed E-state index contributed by atoms with van der Waals surface area (Å²) in [5.74, 6) is 2.01. The van der Waals surface area contributed by atoms with Crippen molar-refractivity contribution in [1.82, 2.24) is 15.1 Å². The van der Waals surface area contributed by atoms with E-state index in [2.05, 4.69) is 33.3 Å². The fourth-order valence-corrected chi connectivity index (χ4v) is 5.30. The Hall–Kier alpha value is -2.22. The summed E-state index contributed by atoms with van der Waals surface area (Å²) in [5.41, 5.74) is 1.55. The Morgan fingerprint density at radius 3 is 2.68 bits per heavy atom. The van der Waals surface area contributed by atoms with Crippen LogP contribution >= 0.6 is 15.9 Å². The summed E-state index contributed by atoms with van der Waals surface area (Å²) >= 11 is 3.15. The Bertz CT molecular complexity index is 895. The van der Waals surface area contributed by atoms with Crippen molar-refractivity contribution in [1.29, 1.82) is 0 Å². The molecule has 0 spiro atoms. The van der Waals surface area contributed by atoms with E-state index in [1.807, 2.05) is 12.1 Å². The van der Waals surface area contributed by atoms with Gasteiger partial charge in [0.2, 0.25) is 0 Å². The molecule has 1 aromatic heterocycles. The molecule has 1 N–H and O–H groups in total. The van der Waals surface area contributed by atoms with Gasteiger partial charge >= 0.3 is 5.82 Å². The van der Waals surface area contributed by atoms with Crippen molar-refractivity contribution in [3.63, 3.8) is 0 Å². The maximum Gasteiger partial charge on any atom is 0.404 e. The minimum atomic E-state index is -0.522. The topological polar surface area (TPSA) is 90.1 Å². The molecule has 2 aliphatic rings. The Labute approximate surface area is 171 Å². The summed E-state index contributed by atoms with van der Waals surface area (Å²) in [6, 6.07) is 7.51. The van der Waals surface area contributed by atoms with Gasteiger partial charge in [0.25, 0.3) is 5.91 Å². The van der Waals surface area contributed by atoms with E-state index >= 15 is 0 Å². The van der Waals surface area contributed by atoms with Crippen LogP contribution in [0.1, 0.15) is 48.5 Å². The summed E-state index contributed by atoms with van der Waals surface area (Å²) in [7, 11) is 0. The third kappa shape index (κ3) is 3.83. The van der Waals surface area contributed by atoms with Gasteiger partial charge in [0, 0.05) is 11.6 Å². The lowest BCUT2D eigenvalue weighted by Gasteiger charge is -2.28. The first kappa shape index (κ1) is 19.1. The van der Waals surface area contributed by atoms with Gasteiger partial charge in [-0.1, -0.05) is 18.6 Å². The van der Waals surface area contributed by atoms with Gasteiger partial charge in [-0.3, -0.25) is 4.79 Å². The van der Waals surface area contributed by atoms with Gasteiger partial charge in [-0.05, 0) is 82.5 Å². The van der Waals surface area contributed by atoms with Gasteiger partial charge in [-0.15, -0.1) is 0 Å². The number of hydrogen-bond acceptors (Lipinski definition) is 4. The zero-order valence-electron chi connectivity index (χ0n) is 15.7. The van der Waals surface area contributed by atoms with E-state index in [-0.39, 0.29) is 17.8 Å². The first-order chi connectivity index (χ1) is 13.4. The summed E-state index contributed by atoms with van der Waals surface area (Å²) in [5, 5.41) is 18.0. The van der Waals surface area contributed by atoms with Crippen LogP contribution in [0.4, 0.5) is 5.82 Å². The van der Waals surface area contributed by atoms with Crippen LogP contribution in [0, 0.1) is 27.9 Å². The number of aromatic nitrogens is 2. The molecule has 0 saturated heterocycles. The van der Waals surface area contributed by atoms with Crippen molar-refractivity contribution in [3.8, 4) is 0 Å². The molecule has 1 amide bonds. The van der Waals surface area contributed by atoms with Gasteiger partial charge in [-0.2, -0.15) is 4.68 Å². The van der Waals surface area contributed by atoms with E-state index in [0.29, 0.717) is 22.5 Å². The molecule has 0 radical (unpaired) electrons. The highest BCUT2D eigenvalue weighted by atomic mass is 79.9.